The van der Waals surface area contributed by atoms with E-state index in [2.05, 4.69) is 11.0 Å². The van der Waals surface area contributed by atoms with E-state index in [9.17, 15) is 10.1 Å². The van der Waals surface area contributed by atoms with E-state index in [1.54, 1.807) is 0 Å². The van der Waals surface area contributed by atoms with Crippen LogP contribution in [0.25, 0.3) is 0 Å². The van der Waals surface area contributed by atoms with Crippen LogP contribution in [0, 0.1) is 11.3 Å². The molecule has 0 N–H and O–H groups in total. The van der Waals surface area contributed by atoms with Gasteiger partial charge < -0.3 is 9.64 Å². The molecule has 5 nitrogen and oxygen atoms in total. The van der Waals surface area contributed by atoms with E-state index in [1.807, 2.05) is 50.1 Å². The van der Waals surface area contributed by atoms with Gasteiger partial charge in [-0.3, -0.25) is 9.69 Å². The Bertz CT molecular complexity index is 715. The van der Waals surface area contributed by atoms with Crippen LogP contribution in [0.5, 0.6) is 0 Å². The number of carbonyl (C=O) groups is 1. The second-order valence-corrected chi connectivity index (χ2v) is 7.33. The molecule has 24 heavy (non-hydrogen) atoms. The number of thioether (sulfide) groups is 1. The predicted octanol–water partition coefficient (Wildman–Crippen LogP) is 2.64. The largest absolute Gasteiger partial charge is 0.373 e. The summed E-state index contributed by atoms with van der Waals surface area (Å²) in [6.45, 7) is 5.71. The fourth-order valence-corrected chi connectivity index (χ4v) is 4.41. The molecule has 0 amide bonds. The summed E-state index contributed by atoms with van der Waals surface area (Å²) in [4.78, 5) is 17.8. The van der Waals surface area contributed by atoms with Gasteiger partial charge in [0, 0.05) is 25.0 Å². The molecule has 0 bridgehead atoms. The second kappa shape index (κ2) is 6.98. The van der Waals surface area contributed by atoms with Gasteiger partial charge in [0.25, 0.3) is 0 Å². The first-order valence-corrected chi connectivity index (χ1v) is 8.87. The van der Waals surface area contributed by atoms with Gasteiger partial charge in [-0.05, 0) is 26.0 Å². The van der Waals surface area contributed by atoms with Gasteiger partial charge in [0.1, 0.15) is 16.7 Å². The predicted molar refractivity (Wildman–Crippen MR) is 94.8 cm³/mol. The normalized spacial score (nSPS) is 26.0. The third-order valence-electron chi connectivity index (χ3n) is 4.20. The lowest BCUT2D eigenvalue weighted by atomic mass is 10.1. The van der Waals surface area contributed by atoms with Crippen molar-refractivity contribution in [2.75, 3.05) is 31.6 Å². The lowest BCUT2D eigenvalue weighted by Gasteiger charge is -2.34. The number of carbonyl (C=O) groups excluding carboxylic acids is 1. The number of nitrogens with zero attached hydrogens (tertiary/aromatic N) is 3. The maximum absolute atomic E-state index is 12.7. The number of anilines is 1. The molecule has 0 radical (unpaired) electrons. The minimum Gasteiger partial charge on any atom is -0.373 e. The molecule has 126 valence electrons. The number of fused-ring (bicyclic) bond motifs is 1. The summed E-state index contributed by atoms with van der Waals surface area (Å²) in [5.74, 6) is -0.124. The highest BCUT2D eigenvalue weighted by Gasteiger charge is 2.30. The fourth-order valence-electron chi connectivity index (χ4n) is 3.25. The SMILES string of the molecule is C[C@@H]1CN(CC(=O)/C(C#N)=C2\Sc3ccccc3N2C)C[C@H](C)O1. The highest BCUT2D eigenvalue weighted by atomic mass is 32.2. The molecule has 2 atom stereocenters. The van der Waals surface area contributed by atoms with Crippen molar-refractivity contribution in [2.45, 2.75) is 31.0 Å². The number of rotatable bonds is 3. The van der Waals surface area contributed by atoms with Crippen LogP contribution in [-0.4, -0.2) is 49.6 Å². The van der Waals surface area contributed by atoms with E-state index in [1.165, 1.54) is 11.8 Å². The lowest BCUT2D eigenvalue weighted by molar-refractivity contribution is -0.120. The molecule has 0 aliphatic carbocycles. The van der Waals surface area contributed by atoms with E-state index in [4.69, 9.17) is 4.74 Å². The number of Topliss-reactive ketones (excluding diaryl/α,β-unsaturated/α-hetero) is 1. The number of para-hydroxylation sites is 1. The van der Waals surface area contributed by atoms with Crippen molar-refractivity contribution in [3.05, 3.63) is 34.9 Å². The van der Waals surface area contributed by atoms with E-state index in [0.717, 1.165) is 15.6 Å². The molecule has 2 aliphatic heterocycles. The van der Waals surface area contributed by atoms with Gasteiger partial charge in [-0.1, -0.05) is 23.9 Å². The maximum atomic E-state index is 12.7. The molecule has 2 heterocycles. The van der Waals surface area contributed by atoms with Crippen molar-refractivity contribution in [1.29, 1.82) is 5.26 Å². The van der Waals surface area contributed by atoms with Crippen molar-refractivity contribution in [2.24, 2.45) is 0 Å². The Balaban J connectivity index is 1.80. The summed E-state index contributed by atoms with van der Waals surface area (Å²) >= 11 is 1.49. The summed E-state index contributed by atoms with van der Waals surface area (Å²) in [7, 11) is 1.90. The van der Waals surface area contributed by atoms with E-state index < -0.39 is 0 Å². The van der Waals surface area contributed by atoms with Crippen LogP contribution in [0.15, 0.2) is 39.8 Å². The summed E-state index contributed by atoms with van der Waals surface area (Å²) in [6.07, 6.45) is 0.208. The Morgan fingerprint density at radius 1 is 1.33 bits per heavy atom. The molecule has 6 heteroatoms. The van der Waals surface area contributed by atoms with Crippen LogP contribution in [-0.2, 0) is 9.53 Å². The Labute approximate surface area is 146 Å². The number of hydrogen-bond acceptors (Lipinski definition) is 6. The maximum Gasteiger partial charge on any atom is 0.190 e. The van der Waals surface area contributed by atoms with Crippen LogP contribution in [0.3, 0.4) is 0 Å². The van der Waals surface area contributed by atoms with E-state index in [-0.39, 0.29) is 30.1 Å². The van der Waals surface area contributed by atoms with Crippen molar-refractivity contribution in [3.8, 4) is 6.07 Å². The molecule has 0 saturated carbocycles. The third kappa shape index (κ3) is 3.34. The van der Waals surface area contributed by atoms with E-state index in [0.29, 0.717) is 13.1 Å². The zero-order valence-electron chi connectivity index (χ0n) is 14.2. The van der Waals surface area contributed by atoms with Crippen LogP contribution < -0.4 is 4.90 Å². The number of ketones is 1. The number of benzene rings is 1. The molecular formula is C18H21N3O2S. The van der Waals surface area contributed by atoms with Gasteiger partial charge in [0.2, 0.25) is 0 Å². The Morgan fingerprint density at radius 3 is 2.62 bits per heavy atom. The molecule has 1 saturated heterocycles. The monoisotopic (exact) mass is 343 g/mol. The molecule has 0 unspecified atom stereocenters. The Morgan fingerprint density at radius 2 is 2.00 bits per heavy atom. The van der Waals surface area contributed by atoms with Gasteiger partial charge in [-0.15, -0.1) is 0 Å². The summed E-state index contributed by atoms with van der Waals surface area (Å²) in [5.41, 5.74) is 1.28. The van der Waals surface area contributed by atoms with Gasteiger partial charge in [0.15, 0.2) is 5.78 Å². The summed E-state index contributed by atoms with van der Waals surface area (Å²) in [5, 5.41) is 10.3. The minimum absolute atomic E-state index is 0.104. The van der Waals surface area contributed by atoms with Gasteiger partial charge in [0.05, 0.1) is 24.4 Å². The molecule has 0 aromatic heterocycles. The number of hydrogen-bond donors (Lipinski definition) is 0. The number of ether oxygens (including phenoxy) is 1. The Hall–Kier alpha value is -1.81. The van der Waals surface area contributed by atoms with Crippen molar-refractivity contribution in [1.82, 2.24) is 4.90 Å². The molecule has 3 rings (SSSR count). The first-order valence-electron chi connectivity index (χ1n) is 8.05. The first-order chi connectivity index (χ1) is 11.5. The summed E-state index contributed by atoms with van der Waals surface area (Å²) in [6, 6.07) is 10.1. The smallest absolute Gasteiger partial charge is 0.190 e. The van der Waals surface area contributed by atoms with Crippen LogP contribution >= 0.6 is 11.8 Å². The molecule has 2 aliphatic rings. The van der Waals surface area contributed by atoms with Gasteiger partial charge >= 0.3 is 0 Å². The average molecular weight is 343 g/mol. The van der Waals surface area contributed by atoms with Crippen molar-refractivity contribution >= 4 is 23.2 Å². The van der Waals surface area contributed by atoms with Crippen LogP contribution in [0.2, 0.25) is 0 Å². The van der Waals surface area contributed by atoms with Gasteiger partial charge in [-0.25, -0.2) is 0 Å². The van der Waals surface area contributed by atoms with Crippen molar-refractivity contribution in [3.63, 3.8) is 0 Å². The second-order valence-electron chi connectivity index (χ2n) is 6.30. The Kier molecular flexibility index (Phi) is 4.95. The van der Waals surface area contributed by atoms with Crippen LogP contribution in [0.1, 0.15) is 13.8 Å². The molecule has 1 fully saturated rings. The standard InChI is InChI=1S/C18H21N3O2S/c1-12-9-21(10-13(2)23-12)11-16(22)14(8-19)18-20(3)15-6-4-5-7-17(15)24-18/h4-7,12-13H,9-11H2,1-3H3/b18-14-/t12-,13+. The van der Waals surface area contributed by atoms with E-state index >= 15 is 0 Å². The highest BCUT2D eigenvalue weighted by molar-refractivity contribution is 8.03. The fraction of sp³-hybridized carbons (Fsp3) is 0.444. The molecule has 0 spiro atoms. The zero-order valence-corrected chi connectivity index (χ0v) is 15.0. The third-order valence-corrected chi connectivity index (χ3v) is 5.44. The number of nitriles is 1. The van der Waals surface area contributed by atoms with Gasteiger partial charge in [-0.2, -0.15) is 5.26 Å². The first kappa shape index (κ1) is 17.0. The topological polar surface area (TPSA) is 56.6 Å². The summed E-state index contributed by atoms with van der Waals surface area (Å²) < 4.78 is 5.70. The highest BCUT2D eigenvalue weighted by Crippen LogP contribution is 2.46. The zero-order chi connectivity index (χ0) is 17.3. The minimum atomic E-state index is -0.124. The molecule has 1 aromatic carbocycles. The van der Waals surface area contributed by atoms with Crippen LogP contribution in [0.4, 0.5) is 5.69 Å². The average Bonchev–Trinajstić information content (AvgIpc) is 2.84. The van der Waals surface area contributed by atoms with Crippen molar-refractivity contribution < 1.29 is 9.53 Å². The quantitative estimate of drug-likeness (QED) is 0.621. The lowest BCUT2D eigenvalue weighted by Crippen LogP contribution is -2.47. The number of morpholine rings is 1. The molecule has 1 aromatic rings. The molecular weight excluding hydrogens is 322 g/mol.